The number of benzene rings is 1. The van der Waals surface area contributed by atoms with Gasteiger partial charge in [-0.3, -0.25) is 9.59 Å². The molecule has 3 unspecified atom stereocenters. The first-order valence-corrected chi connectivity index (χ1v) is 10.1. The molecule has 0 saturated heterocycles. The summed E-state index contributed by atoms with van der Waals surface area (Å²) in [6.45, 7) is 4.43. The summed E-state index contributed by atoms with van der Waals surface area (Å²) < 4.78 is 6.90. The molecule has 150 valence electrons. The highest BCUT2D eigenvalue weighted by Gasteiger charge is 2.33. The van der Waals surface area contributed by atoms with Crippen LogP contribution in [-0.4, -0.2) is 41.0 Å². The molecule has 0 spiro atoms. The molecular formula is C23H30N2O3. The molecule has 1 aliphatic carbocycles. The largest absolute Gasteiger partial charge is 0.469 e. The van der Waals surface area contributed by atoms with Crippen molar-refractivity contribution in [1.29, 1.82) is 0 Å². The van der Waals surface area contributed by atoms with Gasteiger partial charge in [0.1, 0.15) is 0 Å². The Balaban J connectivity index is 1.83. The van der Waals surface area contributed by atoms with E-state index < -0.39 is 0 Å². The molecule has 0 bridgehead atoms. The molecule has 1 aromatic carbocycles. The predicted octanol–water partition coefficient (Wildman–Crippen LogP) is 4.31. The van der Waals surface area contributed by atoms with E-state index in [9.17, 15) is 9.59 Å². The Bertz CT molecular complexity index is 783. The van der Waals surface area contributed by atoms with Crippen LogP contribution in [0.3, 0.4) is 0 Å². The van der Waals surface area contributed by atoms with Crippen LogP contribution in [0.25, 0.3) is 5.69 Å². The molecular weight excluding hydrogens is 352 g/mol. The number of esters is 1. The molecule has 5 heteroatoms. The zero-order chi connectivity index (χ0) is 20.1. The van der Waals surface area contributed by atoms with Gasteiger partial charge in [-0.1, -0.05) is 26.7 Å². The molecule has 0 aliphatic heterocycles. The fourth-order valence-corrected chi connectivity index (χ4v) is 4.15. The molecule has 0 N–H and O–H groups in total. The lowest BCUT2D eigenvalue weighted by atomic mass is 9.84. The van der Waals surface area contributed by atoms with E-state index in [2.05, 4.69) is 6.92 Å². The van der Waals surface area contributed by atoms with Gasteiger partial charge in [-0.15, -0.1) is 0 Å². The van der Waals surface area contributed by atoms with Gasteiger partial charge in [0.25, 0.3) is 5.91 Å². The minimum absolute atomic E-state index is 0.00596. The average molecular weight is 383 g/mol. The second kappa shape index (κ2) is 9.09. The van der Waals surface area contributed by atoms with Crippen molar-refractivity contribution in [3.05, 3.63) is 54.4 Å². The lowest BCUT2D eigenvalue weighted by Gasteiger charge is -2.39. The molecule has 1 heterocycles. The number of carbonyl (C=O) groups excluding carboxylic acids is 2. The molecule has 1 amide bonds. The van der Waals surface area contributed by atoms with E-state index in [1.807, 2.05) is 65.2 Å². The summed E-state index contributed by atoms with van der Waals surface area (Å²) in [7, 11) is 1.40. The Hall–Kier alpha value is -2.56. The Morgan fingerprint density at radius 2 is 1.79 bits per heavy atom. The standard InChI is InChI=1S/C23H30N2O3/c1-17-8-4-5-9-21(17)25(16-18(2)23(27)28-3)22(26)19-10-12-20(13-11-19)24-14-6-7-15-24/h6-7,10-15,17-18,21H,4-5,8-9,16H2,1-3H3. The van der Waals surface area contributed by atoms with E-state index in [0.717, 1.165) is 24.9 Å². The minimum atomic E-state index is -0.345. The Morgan fingerprint density at radius 1 is 1.14 bits per heavy atom. The summed E-state index contributed by atoms with van der Waals surface area (Å²) in [5.41, 5.74) is 1.67. The first-order valence-electron chi connectivity index (χ1n) is 10.1. The third kappa shape index (κ3) is 4.46. The summed E-state index contributed by atoms with van der Waals surface area (Å²) in [4.78, 5) is 27.3. The summed E-state index contributed by atoms with van der Waals surface area (Å²) in [5, 5.41) is 0. The van der Waals surface area contributed by atoms with Gasteiger partial charge in [-0.05, 0) is 55.2 Å². The molecule has 5 nitrogen and oxygen atoms in total. The van der Waals surface area contributed by atoms with Crippen molar-refractivity contribution in [2.75, 3.05) is 13.7 Å². The van der Waals surface area contributed by atoms with E-state index >= 15 is 0 Å². The summed E-state index contributed by atoms with van der Waals surface area (Å²) in [6.07, 6.45) is 8.39. The number of amides is 1. The number of hydrogen-bond donors (Lipinski definition) is 0. The van der Waals surface area contributed by atoms with Crippen LogP contribution in [-0.2, 0) is 9.53 Å². The number of ether oxygens (including phenoxy) is 1. The third-order valence-corrected chi connectivity index (χ3v) is 5.82. The van der Waals surface area contributed by atoms with Crippen LogP contribution in [0.1, 0.15) is 49.9 Å². The van der Waals surface area contributed by atoms with E-state index in [4.69, 9.17) is 4.74 Å². The molecule has 3 atom stereocenters. The van der Waals surface area contributed by atoms with Crippen molar-refractivity contribution >= 4 is 11.9 Å². The lowest BCUT2D eigenvalue weighted by Crippen LogP contribution is -2.48. The highest BCUT2D eigenvalue weighted by Crippen LogP contribution is 2.30. The van der Waals surface area contributed by atoms with Crippen molar-refractivity contribution in [3.8, 4) is 5.69 Å². The van der Waals surface area contributed by atoms with E-state index in [1.165, 1.54) is 13.5 Å². The first-order chi connectivity index (χ1) is 13.5. The number of aromatic nitrogens is 1. The summed E-state index contributed by atoms with van der Waals surface area (Å²) in [5.74, 6) is -0.193. The van der Waals surface area contributed by atoms with Crippen LogP contribution in [0.4, 0.5) is 0 Å². The van der Waals surface area contributed by atoms with Gasteiger partial charge in [0.2, 0.25) is 0 Å². The highest BCUT2D eigenvalue weighted by atomic mass is 16.5. The van der Waals surface area contributed by atoms with Gasteiger partial charge in [-0.2, -0.15) is 0 Å². The van der Waals surface area contributed by atoms with Gasteiger partial charge < -0.3 is 14.2 Å². The minimum Gasteiger partial charge on any atom is -0.469 e. The molecule has 28 heavy (non-hydrogen) atoms. The van der Waals surface area contributed by atoms with E-state index in [0.29, 0.717) is 18.0 Å². The zero-order valence-electron chi connectivity index (χ0n) is 17.0. The van der Waals surface area contributed by atoms with Gasteiger partial charge in [0, 0.05) is 36.2 Å². The SMILES string of the molecule is COC(=O)C(C)CN(C(=O)c1ccc(-n2cccc2)cc1)C1CCCCC1C. The third-order valence-electron chi connectivity index (χ3n) is 5.82. The number of carbonyl (C=O) groups is 2. The summed E-state index contributed by atoms with van der Waals surface area (Å²) in [6, 6.07) is 11.8. The molecule has 2 aromatic rings. The maximum absolute atomic E-state index is 13.4. The smallest absolute Gasteiger partial charge is 0.310 e. The zero-order valence-corrected chi connectivity index (χ0v) is 17.0. The molecule has 1 saturated carbocycles. The van der Waals surface area contributed by atoms with Crippen molar-refractivity contribution in [3.63, 3.8) is 0 Å². The van der Waals surface area contributed by atoms with Crippen LogP contribution >= 0.6 is 0 Å². The maximum Gasteiger partial charge on any atom is 0.310 e. The molecule has 3 rings (SSSR count). The Labute approximate surface area is 167 Å². The van der Waals surface area contributed by atoms with Crippen LogP contribution in [0.2, 0.25) is 0 Å². The topological polar surface area (TPSA) is 51.5 Å². The lowest BCUT2D eigenvalue weighted by molar-refractivity contribution is -0.145. The monoisotopic (exact) mass is 382 g/mol. The van der Waals surface area contributed by atoms with E-state index in [-0.39, 0.29) is 23.8 Å². The van der Waals surface area contributed by atoms with Gasteiger partial charge in [0.15, 0.2) is 0 Å². The number of methoxy groups -OCH3 is 1. The fourth-order valence-electron chi connectivity index (χ4n) is 4.15. The first kappa shape index (κ1) is 20.2. The molecule has 1 fully saturated rings. The predicted molar refractivity (Wildman–Crippen MR) is 109 cm³/mol. The van der Waals surface area contributed by atoms with Gasteiger partial charge >= 0.3 is 5.97 Å². The Kier molecular flexibility index (Phi) is 6.55. The number of hydrogen-bond acceptors (Lipinski definition) is 3. The van der Waals surface area contributed by atoms with Crippen molar-refractivity contribution in [1.82, 2.24) is 9.47 Å². The highest BCUT2D eigenvalue weighted by molar-refractivity contribution is 5.95. The van der Waals surface area contributed by atoms with Crippen LogP contribution < -0.4 is 0 Å². The number of rotatable bonds is 6. The summed E-state index contributed by atoms with van der Waals surface area (Å²) >= 11 is 0. The van der Waals surface area contributed by atoms with Gasteiger partial charge in [-0.25, -0.2) is 0 Å². The molecule has 1 aliphatic rings. The van der Waals surface area contributed by atoms with Crippen LogP contribution in [0.15, 0.2) is 48.8 Å². The van der Waals surface area contributed by atoms with Gasteiger partial charge in [0.05, 0.1) is 13.0 Å². The maximum atomic E-state index is 13.4. The van der Waals surface area contributed by atoms with Crippen molar-refractivity contribution < 1.29 is 14.3 Å². The average Bonchev–Trinajstić information content (AvgIpc) is 3.26. The van der Waals surface area contributed by atoms with Crippen molar-refractivity contribution in [2.24, 2.45) is 11.8 Å². The van der Waals surface area contributed by atoms with Crippen LogP contribution in [0, 0.1) is 11.8 Å². The second-order valence-electron chi connectivity index (χ2n) is 7.85. The van der Waals surface area contributed by atoms with E-state index in [1.54, 1.807) is 0 Å². The fraction of sp³-hybridized carbons (Fsp3) is 0.478. The van der Waals surface area contributed by atoms with Crippen molar-refractivity contribution in [2.45, 2.75) is 45.6 Å². The normalized spacial score (nSPS) is 20.4. The quantitative estimate of drug-likeness (QED) is 0.700. The molecule has 1 aromatic heterocycles. The van der Waals surface area contributed by atoms with Crippen LogP contribution in [0.5, 0.6) is 0 Å². The number of nitrogens with zero attached hydrogens (tertiary/aromatic N) is 2. The molecule has 0 radical (unpaired) electrons. The Morgan fingerprint density at radius 3 is 2.39 bits per heavy atom. The second-order valence-corrected chi connectivity index (χ2v) is 7.85.